The van der Waals surface area contributed by atoms with Crippen LogP contribution in [0.4, 0.5) is 5.82 Å². The summed E-state index contributed by atoms with van der Waals surface area (Å²) in [6, 6.07) is 16.1. The van der Waals surface area contributed by atoms with Gasteiger partial charge in [-0.3, -0.25) is 0 Å². The highest BCUT2D eigenvalue weighted by Crippen LogP contribution is 2.35. The summed E-state index contributed by atoms with van der Waals surface area (Å²) < 4.78 is 11.3. The molecule has 1 fully saturated rings. The third-order valence-electron chi connectivity index (χ3n) is 5.78. The Morgan fingerprint density at radius 1 is 0.879 bits per heavy atom. The first-order valence-electron chi connectivity index (χ1n) is 11.2. The fraction of sp³-hybridized carbons (Fsp3) is 0.400. The van der Waals surface area contributed by atoms with Gasteiger partial charge in [-0.2, -0.15) is 0 Å². The highest BCUT2D eigenvalue weighted by Gasteiger charge is 2.20. The number of halogens is 1. The SMILES string of the molecule is CCN1CCN(c2nc(-c3ccc(OCCO)c(OCCO)c3)cc3ccccc23)CC1.Cl. The summed E-state index contributed by atoms with van der Waals surface area (Å²) in [5.41, 5.74) is 1.77. The normalized spacial score (nSPS) is 14.2. The molecule has 0 spiro atoms. The number of rotatable bonds is 9. The van der Waals surface area contributed by atoms with Crippen molar-refractivity contribution in [1.82, 2.24) is 9.88 Å². The molecule has 1 aliphatic rings. The summed E-state index contributed by atoms with van der Waals surface area (Å²) in [4.78, 5) is 9.91. The van der Waals surface area contributed by atoms with E-state index in [-0.39, 0.29) is 38.8 Å². The number of nitrogens with zero attached hydrogens (tertiary/aromatic N) is 3. The number of hydrogen-bond donors (Lipinski definition) is 2. The Morgan fingerprint density at radius 2 is 1.58 bits per heavy atom. The van der Waals surface area contributed by atoms with E-state index in [2.05, 4.69) is 41.0 Å². The third kappa shape index (κ3) is 5.86. The predicted octanol–water partition coefficient (Wildman–Crippen LogP) is 3.21. The van der Waals surface area contributed by atoms with Crippen LogP contribution in [0.15, 0.2) is 48.5 Å². The molecule has 1 saturated heterocycles. The average Bonchev–Trinajstić information content (AvgIpc) is 2.85. The van der Waals surface area contributed by atoms with Crippen molar-refractivity contribution in [1.29, 1.82) is 0 Å². The van der Waals surface area contributed by atoms with Crippen molar-refractivity contribution in [3.63, 3.8) is 0 Å². The van der Waals surface area contributed by atoms with Crippen LogP contribution in [-0.4, -0.2) is 79.2 Å². The highest BCUT2D eigenvalue weighted by molar-refractivity contribution is 5.95. The zero-order valence-corrected chi connectivity index (χ0v) is 19.8. The molecular weight excluding hydrogens is 442 g/mol. The lowest BCUT2D eigenvalue weighted by Crippen LogP contribution is -2.46. The molecular formula is C25H32ClN3O4. The van der Waals surface area contributed by atoms with Gasteiger partial charge in [0.05, 0.1) is 18.9 Å². The quantitative estimate of drug-likeness (QED) is 0.494. The molecule has 2 N–H and O–H groups in total. The number of anilines is 1. The van der Waals surface area contributed by atoms with Crippen molar-refractivity contribution < 1.29 is 19.7 Å². The fourth-order valence-electron chi connectivity index (χ4n) is 4.06. The van der Waals surface area contributed by atoms with E-state index in [0.717, 1.165) is 60.6 Å². The molecule has 178 valence electrons. The van der Waals surface area contributed by atoms with Crippen LogP contribution in [0.2, 0.25) is 0 Å². The second-order valence-electron chi connectivity index (χ2n) is 7.78. The van der Waals surface area contributed by atoms with E-state index in [0.29, 0.717) is 11.5 Å². The van der Waals surface area contributed by atoms with Gasteiger partial charge in [-0.15, -0.1) is 12.4 Å². The van der Waals surface area contributed by atoms with Crippen molar-refractivity contribution in [3.05, 3.63) is 48.5 Å². The molecule has 2 aromatic carbocycles. The third-order valence-corrected chi connectivity index (χ3v) is 5.78. The number of piperazine rings is 1. The van der Waals surface area contributed by atoms with Gasteiger partial charge in [-0.25, -0.2) is 4.98 Å². The zero-order valence-electron chi connectivity index (χ0n) is 18.9. The van der Waals surface area contributed by atoms with Gasteiger partial charge in [-0.1, -0.05) is 31.2 Å². The molecule has 4 rings (SSSR count). The minimum Gasteiger partial charge on any atom is -0.487 e. The van der Waals surface area contributed by atoms with E-state index in [9.17, 15) is 5.11 Å². The zero-order chi connectivity index (χ0) is 22.3. The Balaban J connectivity index is 0.00000306. The minimum absolute atomic E-state index is 0. The number of hydrogen-bond acceptors (Lipinski definition) is 7. The number of fused-ring (bicyclic) bond motifs is 1. The molecule has 0 aliphatic carbocycles. The van der Waals surface area contributed by atoms with E-state index < -0.39 is 0 Å². The minimum atomic E-state index is -0.0915. The lowest BCUT2D eigenvalue weighted by molar-refractivity contribution is 0.178. The monoisotopic (exact) mass is 473 g/mol. The van der Waals surface area contributed by atoms with Crippen LogP contribution in [0.1, 0.15) is 6.92 Å². The molecule has 0 radical (unpaired) electrons. The number of benzene rings is 2. The van der Waals surface area contributed by atoms with Gasteiger partial charge in [0.15, 0.2) is 11.5 Å². The first-order valence-corrected chi connectivity index (χ1v) is 11.2. The lowest BCUT2D eigenvalue weighted by Gasteiger charge is -2.35. The molecule has 7 nitrogen and oxygen atoms in total. The number of aliphatic hydroxyl groups excluding tert-OH is 2. The molecule has 3 aromatic rings. The molecule has 33 heavy (non-hydrogen) atoms. The molecule has 0 bridgehead atoms. The fourth-order valence-corrected chi connectivity index (χ4v) is 4.06. The van der Waals surface area contributed by atoms with Crippen LogP contribution in [0.3, 0.4) is 0 Å². The number of aliphatic hydroxyl groups is 2. The Hall–Kier alpha value is -2.58. The van der Waals surface area contributed by atoms with E-state index in [1.807, 2.05) is 24.3 Å². The summed E-state index contributed by atoms with van der Waals surface area (Å²) in [5, 5.41) is 20.6. The Kier molecular flexibility index (Phi) is 9.14. The maximum Gasteiger partial charge on any atom is 0.161 e. The van der Waals surface area contributed by atoms with Crippen LogP contribution in [0, 0.1) is 0 Å². The molecule has 1 aromatic heterocycles. The average molecular weight is 474 g/mol. The second-order valence-corrected chi connectivity index (χ2v) is 7.78. The standard InChI is InChI=1S/C25H31N3O4.ClH/c1-2-27-9-11-28(12-10-27)25-21-6-4-3-5-19(21)17-22(26-25)20-7-8-23(31-15-13-29)24(18-20)32-16-14-30;/h3-8,17-18,29-30H,2,9-16H2,1H3;1H. The second kappa shape index (κ2) is 12.0. The first-order chi connectivity index (χ1) is 15.7. The Labute approximate surface area is 201 Å². The largest absolute Gasteiger partial charge is 0.487 e. The summed E-state index contributed by atoms with van der Waals surface area (Å²) in [6.07, 6.45) is 0. The van der Waals surface area contributed by atoms with Crippen molar-refractivity contribution in [2.75, 3.05) is 64.1 Å². The van der Waals surface area contributed by atoms with Gasteiger partial charge >= 0.3 is 0 Å². The molecule has 2 heterocycles. The van der Waals surface area contributed by atoms with E-state index in [4.69, 9.17) is 19.6 Å². The van der Waals surface area contributed by atoms with E-state index >= 15 is 0 Å². The van der Waals surface area contributed by atoms with Crippen LogP contribution in [-0.2, 0) is 0 Å². The summed E-state index contributed by atoms with van der Waals surface area (Å²) in [5.74, 6) is 2.07. The molecule has 8 heteroatoms. The topological polar surface area (TPSA) is 78.3 Å². The number of likely N-dealkylation sites (N-methyl/N-ethyl adjacent to an activating group) is 1. The smallest absolute Gasteiger partial charge is 0.161 e. The van der Waals surface area contributed by atoms with Crippen LogP contribution in [0.5, 0.6) is 11.5 Å². The van der Waals surface area contributed by atoms with Gasteiger partial charge in [0.25, 0.3) is 0 Å². The van der Waals surface area contributed by atoms with Gasteiger partial charge in [0, 0.05) is 37.1 Å². The molecule has 0 amide bonds. The maximum atomic E-state index is 9.19. The number of ether oxygens (including phenoxy) is 2. The maximum absolute atomic E-state index is 9.19. The van der Waals surface area contributed by atoms with Crippen LogP contribution >= 0.6 is 12.4 Å². The van der Waals surface area contributed by atoms with E-state index in [1.54, 1.807) is 0 Å². The van der Waals surface area contributed by atoms with Gasteiger partial charge in [0.1, 0.15) is 19.0 Å². The van der Waals surface area contributed by atoms with Crippen molar-refractivity contribution in [2.45, 2.75) is 6.92 Å². The molecule has 0 unspecified atom stereocenters. The van der Waals surface area contributed by atoms with Gasteiger partial charge in [0.2, 0.25) is 0 Å². The molecule has 0 atom stereocenters. The Bertz CT molecular complexity index is 1040. The first kappa shape index (κ1) is 25.1. The highest BCUT2D eigenvalue weighted by atomic mass is 35.5. The Morgan fingerprint density at radius 3 is 2.27 bits per heavy atom. The van der Waals surface area contributed by atoms with Crippen molar-refractivity contribution in [3.8, 4) is 22.8 Å². The van der Waals surface area contributed by atoms with Crippen molar-refractivity contribution in [2.24, 2.45) is 0 Å². The van der Waals surface area contributed by atoms with Gasteiger partial charge < -0.3 is 29.5 Å². The van der Waals surface area contributed by atoms with Crippen LogP contribution in [0.25, 0.3) is 22.0 Å². The van der Waals surface area contributed by atoms with Crippen LogP contribution < -0.4 is 14.4 Å². The van der Waals surface area contributed by atoms with Crippen molar-refractivity contribution >= 4 is 29.0 Å². The summed E-state index contributed by atoms with van der Waals surface area (Å²) in [6.45, 7) is 7.42. The predicted molar refractivity (Wildman–Crippen MR) is 134 cm³/mol. The lowest BCUT2D eigenvalue weighted by atomic mass is 10.1. The number of aromatic nitrogens is 1. The van der Waals surface area contributed by atoms with E-state index in [1.165, 1.54) is 0 Å². The number of pyridine rings is 1. The molecule has 1 aliphatic heterocycles. The summed E-state index contributed by atoms with van der Waals surface area (Å²) >= 11 is 0. The summed E-state index contributed by atoms with van der Waals surface area (Å²) in [7, 11) is 0. The van der Waals surface area contributed by atoms with Gasteiger partial charge in [-0.05, 0) is 36.2 Å². The molecule has 0 saturated carbocycles.